The van der Waals surface area contributed by atoms with E-state index in [9.17, 15) is 0 Å². The Morgan fingerprint density at radius 2 is 2.67 bits per heavy atom. The van der Waals surface area contributed by atoms with Crippen molar-refractivity contribution in [3.63, 3.8) is 0 Å². The molecule has 2 nitrogen and oxygen atoms in total. The summed E-state index contributed by atoms with van der Waals surface area (Å²) < 4.78 is 0. The molecule has 0 aromatic heterocycles. The summed E-state index contributed by atoms with van der Waals surface area (Å²) in [7, 11) is 0. The fourth-order valence-electron chi connectivity index (χ4n) is 1.07. The van der Waals surface area contributed by atoms with Gasteiger partial charge in [0.05, 0.1) is 6.54 Å². The first kappa shape index (κ1) is 5.06. The van der Waals surface area contributed by atoms with Crippen molar-refractivity contribution < 1.29 is 4.84 Å². The Balaban J connectivity index is 2.23. The monoisotopic (exact) mass is 122 g/mol. The number of hydrogen-bond donors (Lipinski definition) is 1. The van der Waals surface area contributed by atoms with E-state index in [4.69, 9.17) is 4.84 Å². The highest BCUT2D eigenvalue weighted by Crippen LogP contribution is 2.26. The Kier molecular flexibility index (Phi) is 1.06. The molecule has 1 radical (unpaired) electrons. The Morgan fingerprint density at radius 3 is 3.56 bits per heavy atom. The summed E-state index contributed by atoms with van der Waals surface area (Å²) in [6, 6.07) is 0. The van der Waals surface area contributed by atoms with Gasteiger partial charge in [-0.05, 0) is 12.5 Å². The van der Waals surface area contributed by atoms with Crippen LogP contribution in [0.15, 0.2) is 24.0 Å². The van der Waals surface area contributed by atoms with Crippen LogP contribution < -0.4 is 5.48 Å². The first-order valence-corrected chi connectivity index (χ1v) is 3.09. The van der Waals surface area contributed by atoms with E-state index >= 15 is 0 Å². The normalized spacial score (nSPS) is 31.1. The summed E-state index contributed by atoms with van der Waals surface area (Å²) in [5.41, 5.74) is 2.73. The van der Waals surface area contributed by atoms with Crippen molar-refractivity contribution in [1.29, 1.82) is 0 Å². The lowest BCUT2D eigenvalue weighted by atomic mass is 10.0. The molecule has 0 spiro atoms. The van der Waals surface area contributed by atoms with Gasteiger partial charge in [-0.25, -0.2) is 0 Å². The van der Waals surface area contributed by atoms with Crippen LogP contribution in [0.4, 0.5) is 0 Å². The summed E-state index contributed by atoms with van der Waals surface area (Å²) >= 11 is 0. The molecule has 2 rings (SSSR count). The average Bonchev–Trinajstić information content (AvgIpc) is 2.33. The summed E-state index contributed by atoms with van der Waals surface area (Å²) in [4.78, 5) is 5.06. The standard InChI is InChI=1S/C7H8NO/c1-2-4-7-6(3-1)5-8-9-7/h1-2,4-6,8H,3H2. The number of rotatable bonds is 0. The molecule has 1 atom stereocenters. The molecule has 1 saturated heterocycles. The molecule has 1 heterocycles. The van der Waals surface area contributed by atoms with Gasteiger partial charge in [0.1, 0.15) is 5.76 Å². The van der Waals surface area contributed by atoms with Crippen molar-refractivity contribution in [2.45, 2.75) is 6.42 Å². The van der Waals surface area contributed by atoms with Gasteiger partial charge >= 0.3 is 0 Å². The van der Waals surface area contributed by atoms with Crippen LogP contribution in [0, 0.1) is 12.5 Å². The van der Waals surface area contributed by atoms with Crippen LogP contribution in [0.5, 0.6) is 0 Å². The predicted octanol–water partition coefficient (Wildman–Crippen LogP) is 1.14. The van der Waals surface area contributed by atoms with Crippen LogP contribution in [0.3, 0.4) is 0 Å². The summed E-state index contributed by atoms with van der Waals surface area (Å²) in [5.74, 6) is 1.52. The minimum Gasteiger partial charge on any atom is -0.412 e. The first-order valence-electron chi connectivity index (χ1n) is 3.09. The van der Waals surface area contributed by atoms with E-state index < -0.39 is 0 Å². The van der Waals surface area contributed by atoms with Crippen LogP contribution in [-0.2, 0) is 4.84 Å². The topological polar surface area (TPSA) is 21.3 Å². The predicted molar refractivity (Wildman–Crippen MR) is 33.9 cm³/mol. The molecule has 2 aliphatic rings. The summed E-state index contributed by atoms with van der Waals surface area (Å²) in [6.07, 6.45) is 7.22. The Labute approximate surface area is 54.2 Å². The molecule has 0 saturated carbocycles. The molecule has 1 aliphatic heterocycles. The van der Waals surface area contributed by atoms with E-state index in [1.54, 1.807) is 0 Å². The number of hydrogen-bond acceptors (Lipinski definition) is 2. The van der Waals surface area contributed by atoms with E-state index in [0.717, 1.165) is 12.2 Å². The van der Waals surface area contributed by atoms with Crippen LogP contribution in [-0.4, -0.2) is 0 Å². The molecule has 1 aliphatic carbocycles. The third-order valence-electron chi connectivity index (χ3n) is 1.60. The van der Waals surface area contributed by atoms with Crippen LogP contribution >= 0.6 is 0 Å². The van der Waals surface area contributed by atoms with Gasteiger partial charge in [0.2, 0.25) is 0 Å². The van der Waals surface area contributed by atoms with Crippen molar-refractivity contribution in [2.24, 2.45) is 5.92 Å². The molecule has 9 heavy (non-hydrogen) atoms. The van der Waals surface area contributed by atoms with E-state index in [-0.39, 0.29) is 0 Å². The van der Waals surface area contributed by atoms with Gasteiger partial charge in [0.15, 0.2) is 0 Å². The molecule has 1 N–H and O–H groups in total. The highest BCUT2D eigenvalue weighted by molar-refractivity contribution is 5.20. The highest BCUT2D eigenvalue weighted by Gasteiger charge is 2.22. The van der Waals surface area contributed by atoms with Crippen molar-refractivity contribution in [2.75, 3.05) is 0 Å². The van der Waals surface area contributed by atoms with Gasteiger partial charge in [-0.2, -0.15) is 5.48 Å². The SMILES string of the molecule is [CH]1NOC2=CC=CCC12. The third-order valence-corrected chi connectivity index (χ3v) is 1.60. The summed E-state index contributed by atoms with van der Waals surface area (Å²) in [5, 5.41) is 0. The number of allylic oxidation sites excluding steroid dienone is 3. The molecular formula is C7H8NO. The lowest BCUT2D eigenvalue weighted by Crippen LogP contribution is -1.99. The zero-order chi connectivity index (χ0) is 6.10. The van der Waals surface area contributed by atoms with E-state index in [0.29, 0.717) is 5.92 Å². The average molecular weight is 122 g/mol. The van der Waals surface area contributed by atoms with Gasteiger partial charge in [0, 0.05) is 5.92 Å². The van der Waals surface area contributed by atoms with Crippen LogP contribution in [0.2, 0.25) is 0 Å². The van der Waals surface area contributed by atoms with Gasteiger partial charge in [-0.3, -0.25) is 0 Å². The molecule has 1 fully saturated rings. The lowest BCUT2D eigenvalue weighted by Gasteiger charge is -2.06. The lowest BCUT2D eigenvalue weighted by molar-refractivity contribution is 0.164. The molecule has 0 aromatic rings. The smallest absolute Gasteiger partial charge is 0.129 e. The maximum atomic E-state index is 5.06. The molecule has 0 aromatic carbocycles. The maximum absolute atomic E-state index is 5.06. The van der Waals surface area contributed by atoms with Crippen molar-refractivity contribution >= 4 is 0 Å². The van der Waals surface area contributed by atoms with Crippen LogP contribution in [0.1, 0.15) is 6.42 Å². The molecular weight excluding hydrogens is 114 g/mol. The second kappa shape index (κ2) is 1.88. The van der Waals surface area contributed by atoms with Gasteiger partial charge < -0.3 is 4.84 Å². The minimum absolute atomic E-state index is 0.481. The second-order valence-electron chi connectivity index (χ2n) is 2.23. The Morgan fingerprint density at radius 1 is 1.67 bits per heavy atom. The van der Waals surface area contributed by atoms with Crippen molar-refractivity contribution in [1.82, 2.24) is 5.48 Å². The molecule has 0 bridgehead atoms. The fourth-order valence-corrected chi connectivity index (χ4v) is 1.07. The highest BCUT2D eigenvalue weighted by atomic mass is 16.7. The molecule has 47 valence electrons. The molecule has 2 heteroatoms. The van der Waals surface area contributed by atoms with Gasteiger partial charge in [0.25, 0.3) is 0 Å². The number of hydroxylamine groups is 1. The largest absolute Gasteiger partial charge is 0.412 e. The van der Waals surface area contributed by atoms with Gasteiger partial charge in [-0.1, -0.05) is 12.2 Å². The zero-order valence-electron chi connectivity index (χ0n) is 5.00. The van der Waals surface area contributed by atoms with Crippen molar-refractivity contribution in [3.05, 3.63) is 30.5 Å². The second-order valence-corrected chi connectivity index (χ2v) is 2.23. The minimum atomic E-state index is 0.481. The van der Waals surface area contributed by atoms with Crippen molar-refractivity contribution in [3.8, 4) is 0 Å². The maximum Gasteiger partial charge on any atom is 0.129 e. The fraction of sp³-hybridized carbons (Fsp3) is 0.286. The van der Waals surface area contributed by atoms with Gasteiger partial charge in [-0.15, -0.1) is 0 Å². The van der Waals surface area contributed by atoms with Crippen LogP contribution in [0.25, 0.3) is 0 Å². The molecule has 1 unspecified atom stereocenters. The number of nitrogens with one attached hydrogen (secondary N) is 1. The Hall–Kier alpha value is -0.760. The quantitative estimate of drug-likeness (QED) is 0.520. The number of fused-ring (bicyclic) bond motifs is 1. The molecule has 0 amide bonds. The first-order chi connectivity index (χ1) is 4.47. The Bertz CT molecular complexity index is 172. The van der Waals surface area contributed by atoms with E-state index in [2.05, 4.69) is 11.6 Å². The van der Waals surface area contributed by atoms with E-state index in [1.165, 1.54) is 0 Å². The third kappa shape index (κ3) is 0.754. The zero-order valence-corrected chi connectivity index (χ0v) is 5.00. The van der Waals surface area contributed by atoms with E-state index in [1.807, 2.05) is 18.7 Å². The summed E-state index contributed by atoms with van der Waals surface area (Å²) in [6.45, 7) is 1.97.